The number of nitrogens with zero attached hydrogens (tertiary/aromatic N) is 2. The van der Waals surface area contributed by atoms with E-state index in [1.807, 2.05) is 6.07 Å². The van der Waals surface area contributed by atoms with Gasteiger partial charge in [0.15, 0.2) is 0 Å². The number of anilines is 1. The van der Waals surface area contributed by atoms with Gasteiger partial charge in [0.2, 0.25) is 0 Å². The Bertz CT molecular complexity index is 573. The molecular formula is C13H9N3O. The lowest BCUT2D eigenvalue weighted by atomic mass is 10.2. The SMILES string of the molecule is N#Cc1ccccc1NC(=O)c1ccccn1. The molecule has 17 heavy (non-hydrogen) atoms. The van der Waals surface area contributed by atoms with Crippen LogP contribution in [0.25, 0.3) is 0 Å². The maximum Gasteiger partial charge on any atom is 0.274 e. The second kappa shape index (κ2) is 4.90. The van der Waals surface area contributed by atoms with Crippen molar-refractivity contribution in [3.05, 3.63) is 59.9 Å². The van der Waals surface area contributed by atoms with Crippen LogP contribution in [0, 0.1) is 11.3 Å². The van der Waals surface area contributed by atoms with Crippen molar-refractivity contribution in [3.8, 4) is 6.07 Å². The van der Waals surface area contributed by atoms with Crippen LogP contribution in [0.1, 0.15) is 16.1 Å². The van der Waals surface area contributed by atoms with Crippen LogP contribution in [0.4, 0.5) is 5.69 Å². The van der Waals surface area contributed by atoms with Crippen LogP contribution in [-0.2, 0) is 0 Å². The molecule has 2 aromatic rings. The zero-order valence-corrected chi connectivity index (χ0v) is 8.92. The maximum atomic E-state index is 11.8. The number of carbonyl (C=O) groups excluding carboxylic acids is 1. The first-order valence-electron chi connectivity index (χ1n) is 5.03. The summed E-state index contributed by atoms with van der Waals surface area (Å²) in [4.78, 5) is 15.7. The Morgan fingerprint density at radius 2 is 1.94 bits per heavy atom. The molecule has 0 aliphatic heterocycles. The molecule has 4 nitrogen and oxygen atoms in total. The van der Waals surface area contributed by atoms with Gasteiger partial charge in [-0.15, -0.1) is 0 Å². The fourth-order valence-electron chi connectivity index (χ4n) is 1.37. The van der Waals surface area contributed by atoms with Gasteiger partial charge < -0.3 is 5.32 Å². The molecule has 1 N–H and O–H groups in total. The first-order valence-corrected chi connectivity index (χ1v) is 5.03. The van der Waals surface area contributed by atoms with Crippen LogP contribution in [0.3, 0.4) is 0 Å². The van der Waals surface area contributed by atoms with Gasteiger partial charge >= 0.3 is 0 Å². The van der Waals surface area contributed by atoms with E-state index in [1.54, 1.807) is 48.7 Å². The average molecular weight is 223 g/mol. The Morgan fingerprint density at radius 1 is 1.18 bits per heavy atom. The molecule has 0 atom stereocenters. The van der Waals surface area contributed by atoms with E-state index in [4.69, 9.17) is 5.26 Å². The highest BCUT2D eigenvalue weighted by molar-refractivity contribution is 6.03. The Kier molecular flexibility index (Phi) is 3.13. The molecule has 0 bridgehead atoms. The fraction of sp³-hybridized carbons (Fsp3) is 0. The van der Waals surface area contributed by atoms with Gasteiger partial charge in [-0.3, -0.25) is 9.78 Å². The Labute approximate surface area is 98.5 Å². The van der Waals surface area contributed by atoms with Crippen molar-refractivity contribution in [3.63, 3.8) is 0 Å². The smallest absolute Gasteiger partial charge is 0.274 e. The molecule has 1 aromatic heterocycles. The summed E-state index contributed by atoms with van der Waals surface area (Å²) in [5.41, 5.74) is 1.24. The van der Waals surface area contributed by atoms with Crippen molar-refractivity contribution in [1.29, 1.82) is 5.26 Å². The van der Waals surface area contributed by atoms with Crippen molar-refractivity contribution >= 4 is 11.6 Å². The van der Waals surface area contributed by atoms with Gasteiger partial charge in [-0.25, -0.2) is 0 Å². The largest absolute Gasteiger partial charge is 0.319 e. The highest BCUT2D eigenvalue weighted by Crippen LogP contribution is 2.14. The minimum atomic E-state index is -0.326. The first-order chi connectivity index (χ1) is 8.31. The van der Waals surface area contributed by atoms with Crippen molar-refractivity contribution in [2.75, 3.05) is 5.32 Å². The quantitative estimate of drug-likeness (QED) is 0.848. The van der Waals surface area contributed by atoms with E-state index in [-0.39, 0.29) is 5.91 Å². The standard InChI is InChI=1S/C13H9N3O/c14-9-10-5-1-2-6-11(10)16-13(17)12-7-3-4-8-15-12/h1-8H,(H,16,17). The summed E-state index contributed by atoms with van der Waals surface area (Å²) < 4.78 is 0. The summed E-state index contributed by atoms with van der Waals surface area (Å²) in [6.07, 6.45) is 1.55. The highest BCUT2D eigenvalue weighted by Gasteiger charge is 2.08. The molecule has 0 saturated carbocycles. The molecule has 0 saturated heterocycles. The van der Waals surface area contributed by atoms with Crippen LogP contribution in [0.2, 0.25) is 0 Å². The normalized spacial score (nSPS) is 9.35. The second-order valence-electron chi connectivity index (χ2n) is 3.33. The number of aromatic nitrogens is 1. The number of hydrogen-bond acceptors (Lipinski definition) is 3. The minimum absolute atomic E-state index is 0.320. The fourth-order valence-corrected chi connectivity index (χ4v) is 1.37. The van der Waals surface area contributed by atoms with Crippen LogP contribution in [0.5, 0.6) is 0 Å². The Hall–Kier alpha value is -2.67. The number of hydrogen-bond donors (Lipinski definition) is 1. The molecule has 0 aliphatic rings. The number of benzene rings is 1. The number of pyridine rings is 1. The third-order valence-corrected chi connectivity index (χ3v) is 2.19. The van der Waals surface area contributed by atoms with Gasteiger partial charge in [-0.2, -0.15) is 5.26 Å². The molecule has 0 unspecified atom stereocenters. The summed E-state index contributed by atoms with van der Waals surface area (Å²) in [7, 11) is 0. The van der Waals surface area contributed by atoms with E-state index >= 15 is 0 Å². The van der Waals surface area contributed by atoms with E-state index in [9.17, 15) is 4.79 Å². The third-order valence-electron chi connectivity index (χ3n) is 2.19. The van der Waals surface area contributed by atoms with Gasteiger partial charge in [0.1, 0.15) is 11.8 Å². The van der Waals surface area contributed by atoms with Crippen LogP contribution < -0.4 is 5.32 Å². The number of rotatable bonds is 2. The lowest BCUT2D eigenvalue weighted by Gasteiger charge is -2.05. The predicted molar refractivity (Wildman–Crippen MR) is 63.3 cm³/mol. The van der Waals surface area contributed by atoms with Crippen molar-refractivity contribution in [2.45, 2.75) is 0 Å². The number of nitriles is 1. The number of nitrogens with one attached hydrogen (secondary N) is 1. The van der Waals surface area contributed by atoms with Gasteiger partial charge in [0, 0.05) is 6.20 Å². The van der Waals surface area contributed by atoms with E-state index in [2.05, 4.69) is 10.3 Å². The number of amides is 1. The average Bonchev–Trinajstić information content (AvgIpc) is 2.40. The Morgan fingerprint density at radius 3 is 2.65 bits per heavy atom. The highest BCUT2D eigenvalue weighted by atomic mass is 16.1. The van der Waals surface area contributed by atoms with Gasteiger partial charge in [0.25, 0.3) is 5.91 Å². The van der Waals surface area contributed by atoms with Crippen molar-refractivity contribution < 1.29 is 4.79 Å². The first kappa shape index (κ1) is 10.8. The lowest BCUT2D eigenvalue weighted by Crippen LogP contribution is -2.14. The molecule has 4 heteroatoms. The predicted octanol–water partition coefficient (Wildman–Crippen LogP) is 2.21. The minimum Gasteiger partial charge on any atom is -0.319 e. The Balaban J connectivity index is 2.23. The zero-order chi connectivity index (χ0) is 12.1. The molecule has 1 aromatic carbocycles. The molecule has 0 spiro atoms. The third kappa shape index (κ3) is 2.47. The van der Waals surface area contributed by atoms with Crippen LogP contribution in [0.15, 0.2) is 48.7 Å². The summed E-state index contributed by atoms with van der Waals surface area (Å²) >= 11 is 0. The zero-order valence-electron chi connectivity index (χ0n) is 8.92. The summed E-state index contributed by atoms with van der Waals surface area (Å²) in [5, 5.41) is 11.5. The van der Waals surface area contributed by atoms with E-state index < -0.39 is 0 Å². The molecule has 0 fully saturated rings. The van der Waals surface area contributed by atoms with E-state index in [0.29, 0.717) is 16.9 Å². The molecule has 1 amide bonds. The number of para-hydroxylation sites is 1. The molecule has 0 radical (unpaired) electrons. The summed E-state index contributed by atoms with van der Waals surface area (Å²) in [6, 6.07) is 13.9. The van der Waals surface area contributed by atoms with Crippen molar-refractivity contribution in [1.82, 2.24) is 4.98 Å². The monoisotopic (exact) mass is 223 g/mol. The van der Waals surface area contributed by atoms with Crippen LogP contribution in [-0.4, -0.2) is 10.9 Å². The van der Waals surface area contributed by atoms with Gasteiger partial charge in [0.05, 0.1) is 11.3 Å². The van der Waals surface area contributed by atoms with Crippen molar-refractivity contribution in [2.24, 2.45) is 0 Å². The van der Waals surface area contributed by atoms with Crippen LogP contribution >= 0.6 is 0 Å². The van der Waals surface area contributed by atoms with E-state index in [0.717, 1.165) is 0 Å². The molecule has 82 valence electrons. The lowest BCUT2D eigenvalue weighted by molar-refractivity contribution is 0.102. The summed E-state index contributed by atoms with van der Waals surface area (Å²) in [5.74, 6) is -0.326. The maximum absolute atomic E-state index is 11.8. The van der Waals surface area contributed by atoms with Gasteiger partial charge in [-0.05, 0) is 24.3 Å². The molecule has 0 aliphatic carbocycles. The topological polar surface area (TPSA) is 65.8 Å². The molecule has 1 heterocycles. The second-order valence-corrected chi connectivity index (χ2v) is 3.33. The molecule has 2 rings (SSSR count). The summed E-state index contributed by atoms with van der Waals surface area (Å²) in [6.45, 7) is 0. The van der Waals surface area contributed by atoms with E-state index in [1.165, 1.54) is 0 Å². The molecular weight excluding hydrogens is 214 g/mol. The number of carbonyl (C=O) groups is 1. The van der Waals surface area contributed by atoms with Gasteiger partial charge in [-0.1, -0.05) is 18.2 Å².